The number of benzene rings is 1. The molecule has 0 unspecified atom stereocenters. The van der Waals surface area contributed by atoms with Crippen molar-refractivity contribution in [3.8, 4) is 0 Å². The molecule has 1 N–H and O–H groups in total. The minimum atomic E-state index is -0.0550. The molecule has 1 rings (SSSR count). The second-order valence-corrected chi connectivity index (χ2v) is 3.16. The molecular weight excluding hydrogens is 178 g/mol. The third kappa shape index (κ3) is 3.01. The summed E-state index contributed by atoms with van der Waals surface area (Å²) in [5.41, 5.74) is 1.68. The summed E-state index contributed by atoms with van der Waals surface area (Å²) < 4.78 is 0. The van der Waals surface area contributed by atoms with Crippen molar-refractivity contribution >= 4 is 11.7 Å². The van der Waals surface area contributed by atoms with Gasteiger partial charge in [-0.15, -0.1) is 0 Å². The Morgan fingerprint density at radius 3 is 2.14 bits per heavy atom. The molecule has 0 spiro atoms. The number of ketones is 1. The third-order valence-corrected chi connectivity index (χ3v) is 1.90. The second kappa shape index (κ2) is 4.56. The summed E-state index contributed by atoms with van der Waals surface area (Å²) in [6, 6.07) is 7.21. The molecule has 0 radical (unpaired) electrons. The molecule has 1 aromatic carbocycles. The number of nitrogens with one attached hydrogen (secondary N) is 1. The van der Waals surface area contributed by atoms with Crippen molar-refractivity contribution in [2.24, 2.45) is 0 Å². The van der Waals surface area contributed by atoms with Crippen LogP contribution in [0.1, 0.15) is 29.8 Å². The molecule has 0 saturated carbocycles. The van der Waals surface area contributed by atoms with Gasteiger partial charge in [-0.2, -0.15) is 0 Å². The minimum absolute atomic E-state index is 0.0519. The number of hydrogen-bond donors (Lipinski definition) is 1. The van der Waals surface area contributed by atoms with Gasteiger partial charge < -0.3 is 5.32 Å². The maximum absolute atomic E-state index is 11.0. The smallest absolute Gasteiger partial charge is 0.217 e. The Morgan fingerprint density at radius 2 is 1.71 bits per heavy atom. The molecule has 3 nitrogen and oxygen atoms in total. The summed E-state index contributed by atoms with van der Waals surface area (Å²) in [6.45, 7) is 3.51. The lowest BCUT2D eigenvalue weighted by molar-refractivity contribution is -0.119. The molecule has 0 atom stereocenters. The fourth-order valence-corrected chi connectivity index (χ4v) is 1.08. The molecule has 0 bridgehead atoms. The maximum atomic E-state index is 11.0. The fraction of sp³-hybridized carbons (Fsp3) is 0.273. The van der Waals surface area contributed by atoms with E-state index in [0.29, 0.717) is 12.1 Å². The highest BCUT2D eigenvalue weighted by Crippen LogP contribution is 2.04. The topological polar surface area (TPSA) is 46.2 Å². The van der Waals surface area contributed by atoms with E-state index in [2.05, 4.69) is 5.32 Å². The number of hydrogen-bond acceptors (Lipinski definition) is 2. The van der Waals surface area contributed by atoms with Crippen molar-refractivity contribution in [1.29, 1.82) is 0 Å². The van der Waals surface area contributed by atoms with Crippen LogP contribution >= 0.6 is 0 Å². The maximum Gasteiger partial charge on any atom is 0.217 e. The van der Waals surface area contributed by atoms with Gasteiger partial charge in [-0.1, -0.05) is 24.3 Å². The first-order valence-corrected chi connectivity index (χ1v) is 4.44. The van der Waals surface area contributed by atoms with Gasteiger partial charge in [-0.3, -0.25) is 9.59 Å². The van der Waals surface area contributed by atoms with Crippen LogP contribution in [0.4, 0.5) is 0 Å². The normalized spacial score (nSPS) is 9.57. The van der Waals surface area contributed by atoms with Crippen LogP contribution in [0, 0.1) is 0 Å². The van der Waals surface area contributed by atoms with E-state index in [1.165, 1.54) is 13.8 Å². The number of rotatable bonds is 3. The van der Waals surface area contributed by atoms with Gasteiger partial charge in [0, 0.05) is 19.0 Å². The van der Waals surface area contributed by atoms with Gasteiger partial charge in [-0.25, -0.2) is 0 Å². The lowest BCUT2D eigenvalue weighted by Gasteiger charge is -2.02. The first kappa shape index (κ1) is 10.4. The summed E-state index contributed by atoms with van der Waals surface area (Å²) in [5.74, 6) is -0.00304. The van der Waals surface area contributed by atoms with Crippen molar-refractivity contribution in [3.63, 3.8) is 0 Å². The zero-order chi connectivity index (χ0) is 10.6. The fourth-order valence-electron chi connectivity index (χ4n) is 1.08. The summed E-state index contributed by atoms with van der Waals surface area (Å²) in [5, 5.41) is 2.69. The molecule has 14 heavy (non-hydrogen) atoms. The largest absolute Gasteiger partial charge is 0.352 e. The van der Waals surface area contributed by atoms with Crippen molar-refractivity contribution in [2.75, 3.05) is 0 Å². The molecule has 0 heterocycles. The van der Waals surface area contributed by atoms with Gasteiger partial charge in [0.1, 0.15) is 0 Å². The second-order valence-electron chi connectivity index (χ2n) is 3.16. The molecule has 1 amide bonds. The molecule has 0 aromatic heterocycles. The van der Waals surface area contributed by atoms with Crippen LogP contribution in [-0.4, -0.2) is 11.7 Å². The predicted molar refractivity (Wildman–Crippen MR) is 54.0 cm³/mol. The Balaban J connectivity index is 2.64. The molecule has 0 aliphatic heterocycles. The standard InChI is InChI=1S/C11H13NO2/c1-8(13)11-5-3-10(4-6-11)7-12-9(2)14/h3-6H,7H2,1-2H3,(H,12,14). The molecule has 74 valence electrons. The van der Waals surface area contributed by atoms with Gasteiger partial charge in [0.2, 0.25) is 5.91 Å². The summed E-state index contributed by atoms with van der Waals surface area (Å²) >= 11 is 0. The summed E-state index contributed by atoms with van der Waals surface area (Å²) in [4.78, 5) is 21.6. The van der Waals surface area contributed by atoms with E-state index in [-0.39, 0.29) is 11.7 Å². The predicted octanol–water partition coefficient (Wildman–Crippen LogP) is 1.53. The number of Topliss-reactive ketones (excluding diaryl/α,β-unsaturated/α-hetero) is 1. The molecule has 0 saturated heterocycles. The lowest BCUT2D eigenvalue weighted by atomic mass is 10.1. The Hall–Kier alpha value is -1.64. The van der Waals surface area contributed by atoms with Crippen molar-refractivity contribution in [3.05, 3.63) is 35.4 Å². The van der Waals surface area contributed by atoms with E-state index in [1.54, 1.807) is 12.1 Å². The average Bonchev–Trinajstić information content (AvgIpc) is 2.15. The molecule has 0 aliphatic rings. The van der Waals surface area contributed by atoms with E-state index in [0.717, 1.165) is 5.56 Å². The van der Waals surface area contributed by atoms with Crippen molar-refractivity contribution in [1.82, 2.24) is 5.32 Å². The van der Waals surface area contributed by atoms with Gasteiger partial charge >= 0.3 is 0 Å². The van der Waals surface area contributed by atoms with Crippen molar-refractivity contribution < 1.29 is 9.59 Å². The highest BCUT2D eigenvalue weighted by Gasteiger charge is 1.98. The molecule has 0 aliphatic carbocycles. The van der Waals surface area contributed by atoms with Crippen LogP contribution in [0.2, 0.25) is 0 Å². The van der Waals surface area contributed by atoms with Crippen molar-refractivity contribution in [2.45, 2.75) is 20.4 Å². The van der Waals surface area contributed by atoms with Gasteiger partial charge in [0.05, 0.1) is 0 Å². The van der Waals surface area contributed by atoms with Crippen LogP contribution in [-0.2, 0) is 11.3 Å². The SMILES string of the molecule is CC(=O)NCc1ccc(C(C)=O)cc1. The number of carbonyl (C=O) groups excluding carboxylic acids is 2. The minimum Gasteiger partial charge on any atom is -0.352 e. The Kier molecular flexibility index (Phi) is 3.40. The van der Waals surface area contributed by atoms with Crippen LogP contribution in [0.5, 0.6) is 0 Å². The van der Waals surface area contributed by atoms with E-state index >= 15 is 0 Å². The summed E-state index contributed by atoms with van der Waals surface area (Å²) in [7, 11) is 0. The van der Waals surface area contributed by atoms with E-state index in [4.69, 9.17) is 0 Å². The van der Waals surface area contributed by atoms with Gasteiger partial charge in [0.15, 0.2) is 5.78 Å². The first-order chi connectivity index (χ1) is 6.59. The van der Waals surface area contributed by atoms with Crippen LogP contribution in [0.25, 0.3) is 0 Å². The van der Waals surface area contributed by atoms with E-state index in [1.807, 2.05) is 12.1 Å². The highest BCUT2D eigenvalue weighted by molar-refractivity contribution is 5.94. The zero-order valence-corrected chi connectivity index (χ0v) is 8.33. The van der Waals surface area contributed by atoms with E-state index in [9.17, 15) is 9.59 Å². The quantitative estimate of drug-likeness (QED) is 0.736. The average molecular weight is 191 g/mol. The number of amides is 1. The molecule has 3 heteroatoms. The molecular formula is C11H13NO2. The summed E-state index contributed by atoms with van der Waals surface area (Å²) in [6.07, 6.45) is 0. The Bertz CT molecular complexity index is 341. The Morgan fingerprint density at radius 1 is 1.14 bits per heavy atom. The zero-order valence-electron chi connectivity index (χ0n) is 8.33. The number of carbonyl (C=O) groups is 2. The van der Waals surface area contributed by atoms with Gasteiger partial charge in [0.25, 0.3) is 0 Å². The monoisotopic (exact) mass is 191 g/mol. The highest BCUT2D eigenvalue weighted by atomic mass is 16.1. The van der Waals surface area contributed by atoms with Crippen LogP contribution < -0.4 is 5.32 Å². The molecule has 0 fully saturated rings. The Labute approximate surface area is 83.1 Å². The molecule has 1 aromatic rings. The van der Waals surface area contributed by atoms with Crippen LogP contribution in [0.3, 0.4) is 0 Å². The third-order valence-electron chi connectivity index (χ3n) is 1.90. The van der Waals surface area contributed by atoms with E-state index < -0.39 is 0 Å². The van der Waals surface area contributed by atoms with Gasteiger partial charge in [-0.05, 0) is 12.5 Å². The van der Waals surface area contributed by atoms with Crippen LogP contribution in [0.15, 0.2) is 24.3 Å². The lowest BCUT2D eigenvalue weighted by Crippen LogP contribution is -2.18. The first-order valence-electron chi connectivity index (χ1n) is 4.44.